The van der Waals surface area contributed by atoms with Gasteiger partial charge in [0, 0.05) is 22.8 Å². The van der Waals surface area contributed by atoms with Crippen LogP contribution in [0.4, 0.5) is 0 Å². The zero-order valence-electron chi connectivity index (χ0n) is 12.2. The van der Waals surface area contributed by atoms with E-state index in [-0.39, 0.29) is 6.04 Å². The molecular weight excluding hydrogens is 314 g/mol. The van der Waals surface area contributed by atoms with Gasteiger partial charge in [0.25, 0.3) is 0 Å². The Hall–Kier alpha value is -0.100. The predicted octanol–water partition coefficient (Wildman–Crippen LogP) is 3.99. The average Bonchev–Trinajstić information content (AvgIpc) is 2.81. The first-order valence-corrected chi connectivity index (χ1v) is 9.78. The second-order valence-electron chi connectivity index (χ2n) is 5.70. The molecule has 0 unspecified atom stereocenters. The lowest BCUT2D eigenvalue weighted by atomic mass is 9.87. The van der Waals surface area contributed by atoms with Gasteiger partial charge in [-0.2, -0.15) is 4.31 Å². The molecule has 20 heavy (non-hydrogen) atoms. The van der Waals surface area contributed by atoms with Gasteiger partial charge >= 0.3 is 0 Å². The lowest BCUT2D eigenvalue weighted by molar-refractivity contribution is 0.246. The van der Waals surface area contributed by atoms with Crippen LogP contribution in [0.1, 0.15) is 42.4 Å². The molecule has 0 N–H and O–H groups in total. The Bertz CT molecular complexity index is 560. The van der Waals surface area contributed by atoms with Crippen LogP contribution >= 0.6 is 22.9 Å². The normalized spacial score (nSPS) is 24.2. The molecule has 3 nitrogen and oxygen atoms in total. The van der Waals surface area contributed by atoms with Gasteiger partial charge in [0.1, 0.15) is 0 Å². The van der Waals surface area contributed by atoms with Crippen molar-refractivity contribution in [1.29, 1.82) is 0 Å². The Morgan fingerprint density at radius 2 is 1.95 bits per heavy atom. The number of hydrogen-bond acceptors (Lipinski definition) is 3. The summed E-state index contributed by atoms with van der Waals surface area (Å²) in [7, 11) is -1.68. The molecule has 0 saturated heterocycles. The van der Waals surface area contributed by atoms with E-state index < -0.39 is 10.0 Å². The van der Waals surface area contributed by atoms with Gasteiger partial charge in [-0.3, -0.25) is 0 Å². The first kappa shape index (κ1) is 16.3. The maximum absolute atomic E-state index is 12.8. The lowest BCUT2D eigenvalue weighted by Gasteiger charge is -2.32. The van der Waals surface area contributed by atoms with Gasteiger partial charge in [0.05, 0.1) is 10.8 Å². The molecule has 114 valence electrons. The summed E-state index contributed by atoms with van der Waals surface area (Å²) in [6.07, 6.45) is 4.14. The highest BCUT2D eigenvalue weighted by molar-refractivity contribution is 7.89. The summed E-state index contributed by atoms with van der Waals surface area (Å²) in [5.74, 6) is 1.08. The summed E-state index contributed by atoms with van der Waals surface area (Å²) >= 11 is 7.28. The van der Waals surface area contributed by atoms with Crippen molar-refractivity contribution in [2.45, 2.75) is 56.3 Å². The molecular formula is C14H22ClNO2S2. The SMILES string of the molecule is Cc1sc(CCl)cc1S(=O)(=O)N(C)C1CCC(C)CC1. The van der Waals surface area contributed by atoms with E-state index in [1.807, 2.05) is 6.92 Å². The van der Waals surface area contributed by atoms with Gasteiger partial charge in [0.2, 0.25) is 10.0 Å². The van der Waals surface area contributed by atoms with Crippen LogP contribution in [-0.4, -0.2) is 25.8 Å². The van der Waals surface area contributed by atoms with E-state index in [9.17, 15) is 8.42 Å². The fraction of sp³-hybridized carbons (Fsp3) is 0.714. The lowest BCUT2D eigenvalue weighted by Crippen LogP contribution is -2.39. The summed E-state index contributed by atoms with van der Waals surface area (Å²) < 4.78 is 27.1. The van der Waals surface area contributed by atoms with E-state index in [2.05, 4.69) is 6.92 Å². The van der Waals surface area contributed by atoms with Crippen molar-refractivity contribution in [3.05, 3.63) is 15.8 Å². The van der Waals surface area contributed by atoms with Crippen molar-refractivity contribution in [2.75, 3.05) is 7.05 Å². The monoisotopic (exact) mass is 335 g/mol. The topological polar surface area (TPSA) is 37.4 Å². The quantitative estimate of drug-likeness (QED) is 0.780. The average molecular weight is 336 g/mol. The molecule has 1 heterocycles. The Kier molecular flexibility index (Phi) is 5.16. The molecule has 1 aliphatic carbocycles. The number of halogens is 1. The first-order valence-electron chi connectivity index (χ1n) is 6.99. The fourth-order valence-corrected chi connectivity index (χ4v) is 5.91. The van der Waals surface area contributed by atoms with Crippen molar-refractivity contribution in [3.8, 4) is 0 Å². The summed E-state index contributed by atoms with van der Waals surface area (Å²) in [4.78, 5) is 2.17. The van der Waals surface area contributed by atoms with Crippen LogP contribution in [0.25, 0.3) is 0 Å². The molecule has 6 heteroatoms. The molecule has 0 aromatic carbocycles. The number of sulfonamides is 1. The molecule has 1 fully saturated rings. The maximum atomic E-state index is 12.8. The Morgan fingerprint density at radius 1 is 1.35 bits per heavy atom. The van der Waals surface area contributed by atoms with Crippen LogP contribution < -0.4 is 0 Å². The van der Waals surface area contributed by atoms with E-state index in [1.165, 1.54) is 11.3 Å². The minimum Gasteiger partial charge on any atom is -0.207 e. The third kappa shape index (κ3) is 3.21. The highest BCUT2D eigenvalue weighted by Crippen LogP contribution is 2.33. The summed E-state index contributed by atoms with van der Waals surface area (Å²) in [5, 5.41) is 0. The van der Waals surface area contributed by atoms with Crippen LogP contribution in [-0.2, 0) is 15.9 Å². The molecule has 1 aromatic rings. The van der Waals surface area contributed by atoms with Gasteiger partial charge < -0.3 is 0 Å². The zero-order valence-corrected chi connectivity index (χ0v) is 14.6. The van der Waals surface area contributed by atoms with Gasteiger partial charge in [-0.25, -0.2) is 8.42 Å². The largest absolute Gasteiger partial charge is 0.244 e. The molecule has 1 aliphatic rings. The number of nitrogens with zero attached hydrogens (tertiary/aromatic N) is 1. The third-order valence-electron chi connectivity index (χ3n) is 4.21. The van der Waals surface area contributed by atoms with E-state index >= 15 is 0 Å². The van der Waals surface area contributed by atoms with Crippen LogP contribution in [0.3, 0.4) is 0 Å². The molecule has 0 radical (unpaired) electrons. The van der Waals surface area contributed by atoms with E-state index in [0.717, 1.165) is 35.4 Å². The van der Waals surface area contributed by atoms with Gasteiger partial charge in [0.15, 0.2) is 0 Å². The van der Waals surface area contributed by atoms with Crippen molar-refractivity contribution >= 4 is 33.0 Å². The predicted molar refractivity (Wildman–Crippen MR) is 85.0 cm³/mol. The van der Waals surface area contributed by atoms with Crippen LogP contribution in [0.15, 0.2) is 11.0 Å². The zero-order chi connectivity index (χ0) is 14.9. The highest BCUT2D eigenvalue weighted by Gasteiger charge is 2.32. The number of thiophene rings is 1. The molecule has 0 atom stereocenters. The van der Waals surface area contributed by atoms with E-state index in [4.69, 9.17) is 11.6 Å². The van der Waals surface area contributed by atoms with Crippen LogP contribution in [0.2, 0.25) is 0 Å². The molecule has 2 rings (SSSR count). The van der Waals surface area contributed by atoms with E-state index in [0.29, 0.717) is 16.7 Å². The highest BCUT2D eigenvalue weighted by atomic mass is 35.5. The second kappa shape index (κ2) is 6.34. The number of hydrogen-bond donors (Lipinski definition) is 0. The number of alkyl halides is 1. The minimum atomic E-state index is -3.39. The summed E-state index contributed by atoms with van der Waals surface area (Å²) in [6.45, 7) is 4.09. The number of aryl methyl sites for hydroxylation is 1. The molecule has 1 aromatic heterocycles. The fourth-order valence-electron chi connectivity index (χ4n) is 2.80. The second-order valence-corrected chi connectivity index (χ2v) is 9.28. The molecule has 0 aliphatic heterocycles. The Balaban J connectivity index is 2.22. The smallest absolute Gasteiger partial charge is 0.207 e. The maximum Gasteiger partial charge on any atom is 0.244 e. The first-order chi connectivity index (χ1) is 9.36. The van der Waals surface area contributed by atoms with Crippen LogP contribution in [0.5, 0.6) is 0 Å². The molecule has 0 bridgehead atoms. The minimum absolute atomic E-state index is 0.134. The van der Waals surface area contributed by atoms with Crippen molar-refractivity contribution in [1.82, 2.24) is 4.31 Å². The Labute approximate surface area is 131 Å². The van der Waals surface area contributed by atoms with Crippen molar-refractivity contribution in [3.63, 3.8) is 0 Å². The van der Waals surface area contributed by atoms with Crippen molar-refractivity contribution in [2.24, 2.45) is 5.92 Å². The van der Waals surface area contributed by atoms with Gasteiger partial charge in [-0.05, 0) is 44.6 Å². The van der Waals surface area contributed by atoms with E-state index in [1.54, 1.807) is 17.4 Å². The summed E-state index contributed by atoms with van der Waals surface area (Å²) in [6, 6.07) is 1.86. The molecule has 1 saturated carbocycles. The summed E-state index contributed by atoms with van der Waals surface area (Å²) in [5.41, 5.74) is 0. The van der Waals surface area contributed by atoms with Crippen LogP contribution in [0, 0.1) is 12.8 Å². The standard InChI is InChI=1S/C14H22ClNO2S2/c1-10-4-6-12(7-5-10)16(3)20(17,18)14-8-13(9-15)19-11(14)2/h8,10,12H,4-7,9H2,1-3H3. The third-order valence-corrected chi connectivity index (χ3v) is 7.87. The number of rotatable bonds is 4. The van der Waals surface area contributed by atoms with Gasteiger partial charge in [-0.15, -0.1) is 22.9 Å². The molecule has 0 spiro atoms. The van der Waals surface area contributed by atoms with Crippen molar-refractivity contribution < 1.29 is 8.42 Å². The Morgan fingerprint density at radius 3 is 2.45 bits per heavy atom. The molecule has 0 amide bonds. The van der Waals surface area contributed by atoms with Gasteiger partial charge in [-0.1, -0.05) is 6.92 Å².